The van der Waals surface area contributed by atoms with Gasteiger partial charge in [0.2, 0.25) is 0 Å². The molecular weight excluding hydrogens is 296 g/mol. The van der Waals surface area contributed by atoms with E-state index >= 15 is 0 Å². The molecule has 6 heteroatoms. The largest absolute Gasteiger partial charge is 0.478 e. The number of hydrogen-bond acceptors (Lipinski definition) is 4. The van der Waals surface area contributed by atoms with Gasteiger partial charge in [-0.05, 0) is 12.1 Å². The van der Waals surface area contributed by atoms with Crippen molar-refractivity contribution in [1.29, 1.82) is 0 Å². The Kier molecular flexibility index (Phi) is 2.99. The van der Waals surface area contributed by atoms with Gasteiger partial charge >= 0.3 is 5.97 Å². The van der Waals surface area contributed by atoms with E-state index < -0.39 is 24.1 Å². The number of nitrogens with zero attached hydrogens (tertiary/aromatic N) is 1. The van der Waals surface area contributed by atoms with Crippen molar-refractivity contribution in [3.8, 4) is 0 Å². The van der Waals surface area contributed by atoms with Gasteiger partial charge in [0.05, 0.1) is 22.4 Å². The molecule has 1 aromatic carbocycles. The van der Waals surface area contributed by atoms with Gasteiger partial charge in [-0.25, -0.2) is 4.79 Å². The van der Waals surface area contributed by atoms with E-state index in [2.05, 4.69) is 10.3 Å². The lowest BCUT2D eigenvalue weighted by atomic mass is 9.96. The molecule has 0 fully saturated rings. The van der Waals surface area contributed by atoms with Crippen molar-refractivity contribution in [3.63, 3.8) is 0 Å². The van der Waals surface area contributed by atoms with Crippen molar-refractivity contribution >= 4 is 28.5 Å². The number of fused-ring (bicyclic) bond motifs is 3. The number of rotatable bonds is 3. The SMILES string of the molecule is O=C(O)C1=C(C(=O)Nc2cccc3cccnc23)[C@H]2C=C[C@@H]1O2. The normalized spacial score (nSPS) is 21.9. The summed E-state index contributed by atoms with van der Waals surface area (Å²) in [7, 11) is 0. The van der Waals surface area contributed by atoms with Gasteiger partial charge in [-0.15, -0.1) is 0 Å². The van der Waals surface area contributed by atoms with Crippen LogP contribution in [0.2, 0.25) is 0 Å². The van der Waals surface area contributed by atoms with Crippen LogP contribution in [0.1, 0.15) is 0 Å². The van der Waals surface area contributed by atoms with Crippen LogP contribution in [0.15, 0.2) is 59.8 Å². The van der Waals surface area contributed by atoms with Gasteiger partial charge < -0.3 is 15.2 Å². The first-order chi connectivity index (χ1) is 11.1. The summed E-state index contributed by atoms with van der Waals surface area (Å²) in [5, 5.41) is 13.0. The van der Waals surface area contributed by atoms with Crippen molar-refractivity contribution in [3.05, 3.63) is 59.8 Å². The van der Waals surface area contributed by atoms with Crippen LogP contribution >= 0.6 is 0 Å². The molecule has 6 nitrogen and oxygen atoms in total. The van der Waals surface area contributed by atoms with E-state index in [-0.39, 0.29) is 11.1 Å². The number of carbonyl (C=O) groups is 2. The lowest BCUT2D eigenvalue weighted by molar-refractivity contribution is -0.133. The van der Waals surface area contributed by atoms with Crippen molar-refractivity contribution in [1.82, 2.24) is 4.98 Å². The van der Waals surface area contributed by atoms with Gasteiger partial charge in [0.1, 0.15) is 12.2 Å². The highest BCUT2D eigenvalue weighted by atomic mass is 16.5. The van der Waals surface area contributed by atoms with E-state index in [9.17, 15) is 14.7 Å². The molecule has 0 aliphatic carbocycles. The van der Waals surface area contributed by atoms with Crippen molar-refractivity contribution in [2.24, 2.45) is 0 Å². The molecule has 2 aliphatic rings. The second kappa shape index (κ2) is 5.03. The lowest BCUT2D eigenvalue weighted by Gasteiger charge is -2.12. The van der Waals surface area contributed by atoms with Crippen LogP contribution in [-0.2, 0) is 14.3 Å². The fraction of sp³-hybridized carbons (Fsp3) is 0.118. The Morgan fingerprint density at radius 1 is 1.09 bits per heavy atom. The fourth-order valence-corrected chi connectivity index (χ4v) is 2.97. The zero-order valence-electron chi connectivity index (χ0n) is 11.9. The summed E-state index contributed by atoms with van der Waals surface area (Å²) in [5.74, 6) is -1.61. The zero-order valence-corrected chi connectivity index (χ0v) is 11.9. The number of nitrogens with one attached hydrogen (secondary N) is 1. The van der Waals surface area contributed by atoms with E-state index in [4.69, 9.17) is 4.74 Å². The number of pyridine rings is 1. The molecule has 1 amide bonds. The Balaban J connectivity index is 1.71. The highest BCUT2D eigenvalue weighted by Crippen LogP contribution is 2.35. The molecule has 0 radical (unpaired) electrons. The summed E-state index contributed by atoms with van der Waals surface area (Å²) in [6.45, 7) is 0. The standard InChI is InChI=1S/C17H12N2O4/c20-16(13-11-6-7-12(23-11)14(13)17(21)22)19-10-5-1-3-9-4-2-8-18-15(9)10/h1-8,11-12H,(H,19,20)(H,21,22)/t11-,12+/m1/s1. The van der Waals surface area contributed by atoms with Gasteiger partial charge in [-0.3, -0.25) is 9.78 Å². The molecule has 2 aliphatic heterocycles. The average molecular weight is 308 g/mol. The van der Waals surface area contributed by atoms with E-state index in [1.807, 2.05) is 24.3 Å². The maximum atomic E-state index is 12.6. The smallest absolute Gasteiger partial charge is 0.335 e. The monoisotopic (exact) mass is 308 g/mol. The first-order valence-electron chi connectivity index (χ1n) is 7.11. The molecule has 23 heavy (non-hydrogen) atoms. The van der Waals surface area contributed by atoms with Gasteiger partial charge in [0, 0.05) is 11.6 Å². The number of benzene rings is 1. The van der Waals surface area contributed by atoms with Crippen LogP contribution in [0.3, 0.4) is 0 Å². The first kappa shape index (κ1) is 13.7. The highest BCUT2D eigenvalue weighted by Gasteiger charge is 2.42. The number of carboxylic acids is 1. The van der Waals surface area contributed by atoms with Crippen molar-refractivity contribution in [2.45, 2.75) is 12.2 Å². The predicted octanol–water partition coefficient (Wildman–Crippen LogP) is 1.89. The minimum Gasteiger partial charge on any atom is -0.478 e. The zero-order chi connectivity index (χ0) is 16.0. The third-order valence-electron chi connectivity index (χ3n) is 3.97. The molecular formula is C17H12N2O4. The Morgan fingerprint density at radius 2 is 1.83 bits per heavy atom. The third-order valence-corrected chi connectivity index (χ3v) is 3.97. The van der Waals surface area contributed by atoms with Crippen LogP contribution in [-0.4, -0.2) is 34.2 Å². The van der Waals surface area contributed by atoms with Crippen molar-refractivity contribution in [2.75, 3.05) is 5.32 Å². The summed E-state index contributed by atoms with van der Waals surface area (Å²) in [5.41, 5.74) is 1.35. The molecule has 0 spiro atoms. The third kappa shape index (κ3) is 2.11. The quantitative estimate of drug-likeness (QED) is 0.845. The Morgan fingerprint density at radius 3 is 2.61 bits per heavy atom. The lowest BCUT2D eigenvalue weighted by Crippen LogP contribution is -2.24. The maximum absolute atomic E-state index is 12.6. The van der Waals surface area contributed by atoms with Gasteiger partial charge in [-0.1, -0.05) is 30.4 Å². The molecule has 2 aromatic rings. The number of anilines is 1. The molecule has 3 heterocycles. The second-order valence-electron chi connectivity index (χ2n) is 5.33. The molecule has 114 valence electrons. The molecule has 2 atom stereocenters. The van der Waals surface area contributed by atoms with Crippen LogP contribution < -0.4 is 5.32 Å². The maximum Gasteiger partial charge on any atom is 0.335 e. The topological polar surface area (TPSA) is 88.5 Å². The number of amides is 1. The van der Waals surface area contributed by atoms with E-state index in [1.54, 1.807) is 24.4 Å². The van der Waals surface area contributed by atoms with Gasteiger partial charge in [0.25, 0.3) is 5.91 Å². The Hall–Kier alpha value is -2.99. The predicted molar refractivity (Wildman–Crippen MR) is 82.8 cm³/mol. The second-order valence-corrected chi connectivity index (χ2v) is 5.33. The molecule has 4 rings (SSSR count). The number of hydrogen-bond donors (Lipinski definition) is 2. The summed E-state index contributed by atoms with van der Waals surface area (Å²) < 4.78 is 5.46. The highest BCUT2D eigenvalue weighted by molar-refractivity contribution is 6.13. The van der Waals surface area contributed by atoms with Crippen LogP contribution in [0.25, 0.3) is 10.9 Å². The molecule has 0 unspecified atom stereocenters. The Bertz CT molecular complexity index is 895. The first-order valence-corrected chi connectivity index (χ1v) is 7.11. The number of aromatic nitrogens is 1. The summed E-state index contributed by atoms with van der Waals surface area (Å²) >= 11 is 0. The number of para-hydroxylation sites is 1. The fourth-order valence-electron chi connectivity index (χ4n) is 2.97. The Labute approximate surface area is 131 Å². The van der Waals surface area contributed by atoms with E-state index in [1.165, 1.54) is 0 Å². The average Bonchev–Trinajstić information content (AvgIpc) is 3.16. The molecule has 2 N–H and O–H groups in total. The van der Waals surface area contributed by atoms with E-state index in [0.717, 1.165) is 5.39 Å². The summed E-state index contributed by atoms with van der Waals surface area (Å²) in [6, 6.07) is 9.14. The van der Waals surface area contributed by atoms with Gasteiger partial charge in [0.15, 0.2) is 0 Å². The minimum atomic E-state index is -1.14. The van der Waals surface area contributed by atoms with Crippen LogP contribution in [0, 0.1) is 0 Å². The summed E-state index contributed by atoms with van der Waals surface area (Å²) in [6.07, 6.45) is 3.75. The number of ether oxygens (including phenoxy) is 1. The van der Waals surface area contributed by atoms with Crippen LogP contribution in [0.4, 0.5) is 5.69 Å². The molecule has 0 saturated heterocycles. The molecule has 2 bridgehead atoms. The van der Waals surface area contributed by atoms with E-state index in [0.29, 0.717) is 11.2 Å². The minimum absolute atomic E-state index is 0.00296. The van der Waals surface area contributed by atoms with Crippen molar-refractivity contribution < 1.29 is 19.4 Å². The van der Waals surface area contributed by atoms with Gasteiger partial charge in [-0.2, -0.15) is 0 Å². The number of aliphatic carboxylic acids is 1. The summed E-state index contributed by atoms with van der Waals surface area (Å²) in [4.78, 5) is 28.3. The number of carbonyl (C=O) groups excluding carboxylic acids is 1. The number of carboxylic acid groups (broad SMARTS) is 1. The van der Waals surface area contributed by atoms with Crippen LogP contribution in [0.5, 0.6) is 0 Å². The molecule has 0 saturated carbocycles. The molecule has 1 aromatic heterocycles.